The van der Waals surface area contributed by atoms with Gasteiger partial charge in [0.2, 0.25) is 0 Å². The Morgan fingerprint density at radius 3 is 2.47 bits per heavy atom. The molecular weight excluding hydrogens is 186 g/mol. The second-order valence-electron chi connectivity index (χ2n) is 4.88. The van der Waals surface area contributed by atoms with Crippen LogP contribution >= 0.6 is 0 Å². The van der Waals surface area contributed by atoms with E-state index in [1.807, 2.05) is 12.2 Å². The summed E-state index contributed by atoms with van der Waals surface area (Å²) in [6.07, 6.45) is 7.40. The zero-order valence-corrected chi connectivity index (χ0v) is 10.3. The maximum absolute atomic E-state index is 8.96. The van der Waals surface area contributed by atoms with E-state index in [9.17, 15) is 0 Å². The molecule has 0 amide bonds. The van der Waals surface area contributed by atoms with E-state index >= 15 is 0 Å². The van der Waals surface area contributed by atoms with Crippen LogP contribution in [0, 0.1) is 11.3 Å². The zero-order chi connectivity index (χ0) is 11.9. The molecule has 0 radical (unpaired) electrons. The molecule has 0 saturated carbocycles. The molecule has 15 heavy (non-hydrogen) atoms. The van der Waals surface area contributed by atoms with Crippen molar-refractivity contribution in [1.29, 1.82) is 0 Å². The molecule has 0 aromatic carbocycles. The minimum absolute atomic E-state index is 0.143. The highest BCUT2D eigenvalue weighted by molar-refractivity contribution is 5.86. The Kier molecular flexibility index (Phi) is 5.99. The van der Waals surface area contributed by atoms with E-state index in [0.29, 0.717) is 5.92 Å². The minimum atomic E-state index is 0.143. The number of hydrogen-bond donors (Lipinski definition) is 1. The number of nitrogens with zero attached hydrogens (tertiary/aromatic N) is 1. The molecule has 0 aromatic heterocycles. The van der Waals surface area contributed by atoms with Crippen molar-refractivity contribution in [2.24, 2.45) is 16.5 Å². The van der Waals surface area contributed by atoms with Crippen LogP contribution in [0.15, 0.2) is 30.0 Å². The Morgan fingerprint density at radius 2 is 2.07 bits per heavy atom. The molecule has 2 nitrogen and oxygen atoms in total. The third-order valence-corrected chi connectivity index (χ3v) is 2.77. The SMILES string of the molecule is C=CC=CCCC(=NO)C(C)C(C)(C)C. The van der Waals surface area contributed by atoms with Gasteiger partial charge in [0, 0.05) is 5.92 Å². The fraction of sp³-hybridized carbons (Fsp3) is 0.615. The third-order valence-electron chi connectivity index (χ3n) is 2.77. The van der Waals surface area contributed by atoms with Crippen LogP contribution in [0.25, 0.3) is 0 Å². The van der Waals surface area contributed by atoms with Crippen LogP contribution in [-0.2, 0) is 0 Å². The van der Waals surface area contributed by atoms with Crippen molar-refractivity contribution in [3.63, 3.8) is 0 Å². The maximum atomic E-state index is 8.96. The summed E-state index contributed by atoms with van der Waals surface area (Å²) in [6.45, 7) is 12.2. The molecule has 86 valence electrons. The molecular formula is C13H23NO. The smallest absolute Gasteiger partial charge is 0.0607 e. The average Bonchev–Trinajstić information content (AvgIpc) is 2.16. The number of allylic oxidation sites excluding steroid dienone is 3. The second kappa shape index (κ2) is 6.44. The first kappa shape index (κ1) is 13.9. The fourth-order valence-electron chi connectivity index (χ4n) is 1.28. The highest BCUT2D eigenvalue weighted by Crippen LogP contribution is 2.28. The van der Waals surface area contributed by atoms with Gasteiger partial charge in [0.1, 0.15) is 0 Å². The zero-order valence-electron chi connectivity index (χ0n) is 10.3. The Labute approximate surface area is 93.4 Å². The standard InChI is InChI=1S/C13H23NO/c1-6-7-8-9-10-12(14-15)11(2)13(3,4)5/h6-8,11,15H,1,9-10H2,2-5H3. The highest BCUT2D eigenvalue weighted by Gasteiger charge is 2.24. The van der Waals surface area contributed by atoms with Gasteiger partial charge in [-0.1, -0.05) is 57.7 Å². The van der Waals surface area contributed by atoms with Gasteiger partial charge in [-0.25, -0.2) is 0 Å². The number of oxime groups is 1. The first-order valence-electron chi connectivity index (χ1n) is 5.42. The lowest BCUT2D eigenvalue weighted by atomic mass is 9.78. The first-order chi connectivity index (χ1) is 6.93. The lowest BCUT2D eigenvalue weighted by Gasteiger charge is -2.27. The number of rotatable bonds is 5. The van der Waals surface area contributed by atoms with Crippen molar-refractivity contribution in [3.8, 4) is 0 Å². The van der Waals surface area contributed by atoms with Crippen molar-refractivity contribution < 1.29 is 5.21 Å². The summed E-state index contributed by atoms with van der Waals surface area (Å²) >= 11 is 0. The molecule has 0 bridgehead atoms. The van der Waals surface area contributed by atoms with Gasteiger partial charge in [0.15, 0.2) is 0 Å². The van der Waals surface area contributed by atoms with Gasteiger partial charge in [-0.2, -0.15) is 0 Å². The molecule has 2 heteroatoms. The Bertz CT molecular complexity index is 246. The van der Waals surface area contributed by atoms with Gasteiger partial charge in [-0.3, -0.25) is 0 Å². The normalized spacial score (nSPS) is 15.6. The topological polar surface area (TPSA) is 32.6 Å². The molecule has 0 aliphatic heterocycles. The van der Waals surface area contributed by atoms with E-state index < -0.39 is 0 Å². The van der Waals surface area contributed by atoms with Gasteiger partial charge < -0.3 is 5.21 Å². The second-order valence-corrected chi connectivity index (χ2v) is 4.88. The van der Waals surface area contributed by atoms with Crippen molar-refractivity contribution in [2.45, 2.75) is 40.5 Å². The summed E-state index contributed by atoms with van der Waals surface area (Å²) in [5.74, 6) is 0.291. The van der Waals surface area contributed by atoms with E-state index in [1.165, 1.54) is 0 Å². The molecule has 0 spiro atoms. The van der Waals surface area contributed by atoms with Crippen LogP contribution in [0.1, 0.15) is 40.5 Å². The Balaban J connectivity index is 4.27. The van der Waals surface area contributed by atoms with Crippen molar-refractivity contribution in [1.82, 2.24) is 0 Å². The summed E-state index contributed by atoms with van der Waals surface area (Å²) < 4.78 is 0. The largest absolute Gasteiger partial charge is 0.411 e. The fourth-order valence-corrected chi connectivity index (χ4v) is 1.28. The molecule has 0 rings (SSSR count). The molecule has 0 fully saturated rings. The monoisotopic (exact) mass is 209 g/mol. The van der Waals surface area contributed by atoms with Crippen LogP contribution in [0.2, 0.25) is 0 Å². The van der Waals surface area contributed by atoms with Gasteiger partial charge in [0.25, 0.3) is 0 Å². The van der Waals surface area contributed by atoms with E-state index in [2.05, 4.69) is 39.4 Å². The third kappa shape index (κ3) is 5.40. The van der Waals surface area contributed by atoms with Crippen LogP contribution in [-0.4, -0.2) is 10.9 Å². The van der Waals surface area contributed by atoms with Crippen molar-refractivity contribution >= 4 is 5.71 Å². The van der Waals surface area contributed by atoms with Gasteiger partial charge in [-0.15, -0.1) is 0 Å². The summed E-state index contributed by atoms with van der Waals surface area (Å²) in [5.41, 5.74) is 1.01. The summed E-state index contributed by atoms with van der Waals surface area (Å²) in [6, 6.07) is 0. The molecule has 1 unspecified atom stereocenters. The summed E-state index contributed by atoms with van der Waals surface area (Å²) in [7, 11) is 0. The van der Waals surface area contributed by atoms with Gasteiger partial charge in [-0.05, 0) is 18.3 Å². The molecule has 1 N–H and O–H groups in total. The Hall–Kier alpha value is -1.05. The minimum Gasteiger partial charge on any atom is -0.411 e. The summed E-state index contributed by atoms with van der Waals surface area (Å²) in [5, 5.41) is 12.4. The molecule has 0 aromatic rings. The van der Waals surface area contributed by atoms with E-state index in [1.54, 1.807) is 6.08 Å². The quantitative estimate of drug-likeness (QED) is 0.315. The van der Waals surface area contributed by atoms with Crippen LogP contribution in [0.3, 0.4) is 0 Å². The predicted octanol–water partition coefficient (Wildman–Crippen LogP) is 4.02. The average molecular weight is 209 g/mol. The van der Waals surface area contributed by atoms with E-state index in [4.69, 9.17) is 5.21 Å². The van der Waals surface area contributed by atoms with Crippen LogP contribution in [0.4, 0.5) is 0 Å². The lowest BCUT2D eigenvalue weighted by Crippen LogP contribution is -2.25. The molecule has 1 atom stereocenters. The van der Waals surface area contributed by atoms with Gasteiger partial charge in [0.05, 0.1) is 5.71 Å². The number of hydrogen-bond acceptors (Lipinski definition) is 2. The van der Waals surface area contributed by atoms with Crippen molar-refractivity contribution in [3.05, 3.63) is 24.8 Å². The Morgan fingerprint density at radius 1 is 1.47 bits per heavy atom. The first-order valence-corrected chi connectivity index (χ1v) is 5.42. The molecule has 0 aliphatic carbocycles. The molecule has 0 saturated heterocycles. The van der Waals surface area contributed by atoms with E-state index in [0.717, 1.165) is 18.6 Å². The van der Waals surface area contributed by atoms with Crippen LogP contribution in [0.5, 0.6) is 0 Å². The van der Waals surface area contributed by atoms with Crippen molar-refractivity contribution in [2.75, 3.05) is 0 Å². The molecule has 0 aliphatic rings. The molecule has 0 heterocycles. The highest BCUT2D eigenvalue weighted by atomic mass is 16.4. The predicted molar refractivity (Wildman–Crippen MR) is 66.4 cm³/mol. The lowest BCUT2D eigenvalue weighted by molar-refractivity contribution is 0.288. The summed E-state index contributed by atoms with van der Waals surface area (Å²) in [4.78, 5) is 0. The van der Waals surface area contributed by atoms with Gasteiger partial charge >= 0.3 is 0 Å². The van der Waals surface area contributed by atoms with Crippen LogP contribution < -0.4 is 0 Å². The van der Waals surface area contributed by atoms with E-state index in [-0.39, 0.29) is 5.41 Å². The maximum Gasteiger partial charge on any atom is 0.0607 e.